The van der Waals surface area contributed by atoms with Crippen molar-refractivity contribution >= 4 is 22.1 Å². The van der Waals surface area contributed by atoms with Crippen LogP contribution in [0, 0.1) is 5.41 Å². The second-order valence-corrected chi connectivity index (χ2v) is 12.5. The standard InChI is InChI=1S/C30H36N4O2S/c1-30(2)16-24-27(29(34-10-12-36-13-11-34)37-28(24)26(35)17-30)22-6-8-32-25(15-22)21-5-3-4-20(14-21)18-33-9-7-23(31)19-33/h3-6,8,14-15,23H,7,9-13,16-19,31H2,1-2H3/t23-/m0/s1. The van der Waals surface area contributed by atoms with Crippen molar-refractivity contribution in [2.45, 2.75) is 45.7 Å². The highest BCUT2D eigenvalue weighted by molar-refractivity contribution is 7.19. The molecular weight excluding hydrogens is 480 g/mol. The van der Waals surface area contributed by atoms with Crippen LogP contribution in [0.5, 0.6) is 0 Å². The maximum absolute atomic E-state index is 13.2. The fourth-order valence-corrected chi connectivity index (χ4v) is 7.36. The van der Waals surface area contributed by atoms with E-state index in [1.54, 1.807) is 11.3 Å². The summed E-state index contributed by atoms with van der Waals surface area (Å²) in [6, 6.07) is 13.3. The Bertz CT molecular complexity index is 1310. The molecule has 0 bridgehead atoms. The number of benzene rings is 1. The lowest BCUT2D eigenvalue weighted by atomic mass is 9.75. The number of hydrogen-bond acceptors (Lipinski definition) is 7. The molecule has 6 nitrogen and oxygen atoms in total. The lowest BCUT2D eigenvalue weighted by Gasteiger charge is -2.30. The number of nitrogens with two attached hydrogens (primary N) is 1. The van der Waals surface area contributed by atoms with Crippen molar-refractivity contribution in [1.29, 1.82) is 0 Å². The summed E-state index contributed by atoms with van der Waals surface area (Å²) in [6.45, 7) is 10.5. The SMILES string of the molecule is CC1(C)CC(=O)c2sc(N3CCOCC3)c(-c3ccnc(-c4cccc(CN5CC[C@H](N)C5)c4)c3)c2C1. The molecule has 1 atom stereocenters. The zero-order valence-electron chi connectivity index (χ0n) is 21.8. The number of morpholine rings is 1. The van der Waals surface area contributed by atoms with Crippen molar-refractivity contribution in [3.63, 3.8) is 0 Å². The van der Waals surface area contributed by atoms with Crippen LogP contribution in [0.4, 0.5) is 5.00 Å². The van der Waals surface area contributed by atoms with E-state index in [-0.39, 0.29) is 17.2 Å². The molecule has 0 amide bonds. The zero-order valence-corrected chi connectivity index (χ0v) is 22.7. The van der Waals surface area contributed by atoms with Gasteiger partial charge in [-0.2, -0.15) is 0 Å². The van der Waals surface area contributed by atoms with Gasteiger partial charge >= 0.3 is 0 Å². The first-order valence-corrected chi connectivity index (χ1v) is 14.2. The Morgan fingerprint density at radius 3 is 2.73 bits per heavy atom. The Morgan fingerprint density at radius 1 is 1.11 bits per heavy atom. The van der Waals surface area contributed by atoms with Gasteiger partial charge in [0.2, 0.25) is 0 Å². The zero-order chi connectivity index (χ0) is 25.6. The molecule has 1 aromatic carbocycles. The van der Waals surface area contributed by atoms with E-state index in [2.05, 4.69) is 60.0 Å². The molecule has 7 heteroatoms. The fourth-order valence-electron chi connectivity index (χ4n) is 6.03. The number of ketones is 1. The van der Waals surface area contributed by atoms with Gasteiger partial charge < -0.3 is 15.4 Å². The minimum Gasteiger partial charge on any atom is -0.378 e. The van der Waals surface area contributed by atoms with Crippen LogP contribution in [0.15, 0.2) is 42.6 Å². The number of hydrogen-bond donors (Lipinski definition) is 1. The Hall–Kier alpha value is -2.58. The topological polar surface area (TPSA) is 71.7 Å². The molecule has 2 aromatic heterocycles. The van der Waals surface area contributed by atoms with Crippen molar-refractivity contribution in [3.8, 4) is 22.4 Å². The average molecular weight is 517 g/mol. The number of carbonyl (C=O) groups excluding carboxylic acids is 1. The number of anilines is 1. The maximum Gasteiger partial charge on any atom is 0.173 e. The number of likely N-dealkylation sites (tertiary alicyclic amines) is 1. The number of rotatable bonds is 5. The number of Topliss-reactive ketones (excluding diaryl/α,β-unsaturated/α-hetero) is 1. The van der Waals surface area contributed by atoms with Gasteiger partial charge in [-0.1, -0.05) is 32.0 Å². The van der Waals surface area contributed by atoms with Crippen LogP contribution in [-0.4, -0.2) is 61.1 Å². The van der Waals surface area contributed by atoms with Gasteiger partial charge in [0, 0.05) is 62.5 Å². The second kappa shape index (κ2) is 9.95. The molecule has 0 spiro atoms. The van der Waals surface area contributed by atoms with E-state index in [0.717, 1.165) is 80.5 Å². The molecule has 2 N–H and O–H groups in total. The third-order valence-electron chi connectivity index (χ3n) is 7.82. The third-order valence-corrected chi connectivity index (χ3v) is 9.15. The number of pyridine rings is 1. The van der Waals surface area contributed by atoms with E-state index in [1.165, 1.54) is 21.7 Å². The quantitative estimate of drug-likeness (QED) is 0.515. The first-order chi connectivity index (χ1) is 17.9. The average Bonchev–Trinajstić information content (AvgIpc) is 3.47. The van der Waals surface area contributed by atoms with Crippen molar-refractivity contribution in [3.05, 3.63) is 58.6 Å². The summed E-state index contributed by atoms with van der Waals surface area (Å²) in [6.07, 6.45) is 4.51. The van der Waals surface area contributed by atoms with Crippen molar-refractivity contribution < 1.29 is 9.53 Å². The number of carbonyl (C=O) groups is 1. The first-order valence-electron chi connectivity index (χ1n) is 13.4. The van der Waals surface area contributed by atoms with Crippen LogP contribution in [0.3, 0.4) is 0 Å². The van der Waals surface area contributed by atoms with Crippen molar-refractivity contribution in [2.75, 3.05) is 44.3 Å². The molecule has 0 saturated carbocycles. The summed E-state index contributed by atoms with van der Waals surface area (Å²) in [5, 5.41) is 1.20. The summed E-state index contributed by atoms with van der Waals surface area (Å²) in [5.41, 5.74) is 13.0. The van der Waals surface area contributed by atoms with Crippen LogP contribution in [-0.2, 0) is 17.7 Å². The molecule has 194 valence electrons. The predicted molar refractivity (Wildman–Crippen MR) is 150 cm³/mol. The fraction of sp³-hybridized carbons (Fsp3) is 0.467. The molecule has 2 aliphatic heterocycles. The Labute approximate surface area is 223 Å². The second-order valence-electron chi connectivity index (χ2n) is 11.5. The molecule has 0 radical (unpaired) electrons. The van der Waals surface area contributed by atoms with Crippen molar-refractivity contribution in [2.24, 2.45) is 11.1 Å². The number of fused-ring (bicyclic) bond motifs is 1. The van der Waals surface area contributed by atoms with Gasteiger partial charge in [0.1, 0.15) is 0 Å². The molecule has 0 unspecified atom stereocenters. The smallest absolute Gasteiger partial charge is 0.173 e. The molecule has 2 fully saturated rings. The van der Waals surface area contributed by atoms with Gasteiger partial charge in [0.25, 0.3) is 0 Å². The predicted octanol–water partition coefficient (Wildman–Crippen LogP) is 5.00. The Balaban J connectivity index is 1.39. The summed E-state index contributed by atoms with van der Waals surface area (Å²) >= 11 is 1.68. The van der Waals surface area contributed by atoms with Crippen LogP contribution in [0.2, 0.25) is 0 Å². The molecule has 6 rings (SSSR count). The van der Waals surface area contributed by atoms with Gasteiger partial charge in [-0.25, -0.2) is 0 Å². The van der Waals surface area contributed by atoms with Gasteiger partial charge in [0.15, 0.2) is 5.78 Å². The molecule has 2 saturated heterocycles. The highest BCUT2D eigenvalue weighted by Gasteiger charge is 2.37. The van der Waals surface area contributed by atoms with Gasteiger partial charge in [-0.15, -0.1) is 11.3 Å². The summed E-state index contributed by atoms with van der Waals surface area (Å²) < 4.78 is 5.64. The van der Waals surface area contributed by atoms with Gasteiger partial charge in [-0.3, -0.25) is 14.7 Å². The molecular formula is C30H36N4O2S. The molecule has 3 aliphatic rings. The van der Waals surface area contributed by atoms with Crippen LogP contribution in [0.25, 0.3) is 22.4 Å². The van der Waals surface area contributed by atoms with E-state index in [9.17, 15) is 4.79 Å². The number of nitrogens with zero attached hydrogens (tertiary/aromatic N) is 3. The van der Waals surface area contributed by atoms with E-state index >= 15 is 0 Å². The molecule has 37 heavy (non-hydrogen) atoms. The maximum atomic E-state index is 13.2. The van der Waals surface area contributed by atoms with E-state index < -0.39 is 0 Å². The highest BCUT2D eigenvalue weighted by Crippen LogP contribution is 2.49. The minimum absolute atomic E-state index is 0.0372. The number of aromatic nitrogens is 1. The van der Waals surface area contributed by atoms with E-state index in [4.69, 9.17) is 15.5 Å². The highest BCUT2D eigenvalue weighted by atomic mass is 32.1. The number of ether oxygens (including phenoxy) is 1. The van der Waals surface area contributed by atoms with Gasteiger partial charge in [-0.05, 0) is 53.1 Å². The van der Waals surface area contributed by atoms with Crippen LogP contribution < -0.4 is 10.6 Å². The third kappa shape index (κ3) is 5.10. The van der Waals surface area contributed by atoms with Crippen LogP contribution in [0.1, 0.15) is 47.5 Å². The Morgan fingerprint density at radius 2 is 1.95 bits per heavy atom. The molecule has 3 aromatic rings. The summed E-state index contributed by atoms with van der Waals surface area (Å²) in [5.74, 6) is 0.278. The largest absolute Gasteiger partial charge is 0.378 e. The lowest BCUT2D eigenvalue weighted by molar-refractivity contribution is 0.0918. The summed E-state index contributed by atoms with van der Waals surface area (Å²) in [7, 11) is 0. The minimum atomic E-state index is -0.0372. The summed E-state index contributed by atoms with van der Waals surface area (Å²) in [4.78, 5) is 23.8. The monoisotopic (exact) mass is 516 g/mol. The first kappa shape index (κ1) is 24.7. The van der Waals surface area contributed by atoms with E-state index in [0.29, 0.717) is 6.42 Å². The van der Waals surface area contributed by atoms with E-state index in [1.807, 2.05) is 6.20 Å². The molecule has 1 aliphatic carbocycles. The van der Waals surface area contributed by atoms with Gasteiger partial charge in [0.05, 0.1) is 28.8 Å². The normalized spacial score (nSPS) is 21.9. The molecule has 4 heterocycles. The lowest BCUT2D eigenvalue weighted by Crippen LogP contribution is -2.36. The van der Waals surface area contributed by atoms with Crippen molar-refractivity contribution in [1.82, 2.24) is 9.88 Å². The number of thiophene rings is 1. The Kier molecular flexibility index (Phi) is 6.65. The van der Waals surface area contributed by atoms with Crippen LogP contribution >= 0.6 is 11.3 Å².